The van der Waals surface area contributed by atoms with Crippen molar-refractivity contribution in [2.75, 3.05) is 0 Å². The molecule has 0 amide bonds. The van der Waals surface area contributed by atoms with Gasteiger partial charge in [0.05, 0.1) is 0 Å². The summed E-state index contributed by atoms with van der Waals surface area (Å²) in [7, 11) is 0. The van der Waals surface area contributed by atoms with E-state index in [1.165, 1.54) is 6.92 Å². The molecule has 0 bridgehead atoms. The van der Waals surface area contributed by atoms with Gasteiger partial charge in [0, 0.05) is 5.56 Å². The Labute approximate surface area is 132 Å². The van der Waals surface area contributed by atoms with Crippen LogP contribution in [-0.2, 0) is 20.3 Å². The minimum absolute atomic E-state index is 0.636. The van der Waals surface area contributed by atoms with Crippen LogP contribution in [0.5, 0.6) is 5.75 Å². The van der Waals surface area contributed by atoms with E-state index in [1.54, 1.807) is 6.92 Å². The average Bonchev–Trinajstić information content (AvgIpc) is 2.47. The Hall–Kier alpha value is -1.73. The monoisotopic (exact) mass is 322 g/mol. The standard InChI is InChI=1S/C16H18O5S/c1-12(19-13(2)21-22(17)18)20-16-11-7-6-10-15(16)14-8-4-3-5-9-14/h3-13H,1-2H3,(H,17,18). The van der Waals surface area contributed by atoms with Gasteiger partial charge in [-0.3, -0.25) is 4.55 Å². The summed E-state index contributed by atoms with van der Waals surface area (Å²) in [5.41, 5.74) is 1.98. The average molecular weight is 322 g/mol. The zero-order valence-electron chi connectivity index (χ0n) is 12.3. The van der Waals surface area contributed by atoms with E-state index in [9.17, 15) is 4.21 Å². The number of para-hydroxylation sites is 1. The van der Waals surface area contributed by atoms with Crippen LogP contribution in [0.15, 0.2) is 54.6 Å². The first-order chi connectivity index (χ1) is 10.6. The van der Waals surface area contributed by atoms with Crippen LogP contribution in [0, 0.1) is 0 Å². The van der Waals surface area contributed by atoms with E-state index in [-0.39, 0.29) is 0 Å². The second-order valence-electron chi connectivity index (χ2n) is 4.56. The molecule has 0 heterocycles. The molecule has 0 saturated heterocycles. The van der Waals surface area contributed by atoms with E-state index in [1.807, 2.05) is 54.6 Å². The molecule has 0 spiro atoms. The minimum atomic E-state index is -2.37. The largest absolute Gasteiger partial charge is 0.465 e. The third-order valence-corrected chi connectivity index (χ3v) is 3.30. The summed E-state index contributed by atoms with van der Waals surface area (Å²) in [5, 5.41) is 0. The molecule has 0 aromatic heterocycles. The van der Waals surface area contributed by atoms with Gasteiger partial charge in [0.2, 0.25) is 0 Å². The van der Waals surface area contributed by atoms with Crippen LogP contribution in [-0.4, -0.2) is 21.3 Å². The van der Waals surface area contributed by atoms with Crippen molar-refractivity contribution in [2.45, 2.75) is 26.4 Å². The molecule has 6 heteroatoms. The summed E-state index contributed by atoms with van der Waals surface area (Å²) < 4.78 is 34.9. The van der Waals surface area contributed by atoms with Crippen LogP contribution < -0.4 is 4.74 Å². The second kappa shape index (κ2) is 8.05. The smallest absolute Gasteiger partial charge is 0.304 e. The van der Waals surface area contributed by atoms with Crippen molar-refractivity contribution < 1.29 is 22.4 Å². The quantitative estimate of drug-likeness (QED) is 0.623. The lowest BCUT2D eigenvalue weighted by Crippen LogP contribution is -2.25. The predicted octanol–water partition coefficient (Wildman–Crippen LogP) is 3.59. The van der Waals surface area contributed by atoms with Crippen LogP contribution in [0.2, 0.25) is 0 Å². The number of hydrogen-bond donors (Lipinski definition) is 1. The molecule has 2 aromatic rings. The maximum absolute atomic E-state index is 10.6. The molecular formula is C16H18O5S. The summed E-state index contributed by atoms with van der Waals surface area (Å²) in [4.78, 5) is 0. The highest BCUT2D eigenvalue weighted by atomic mass is 32.2. The molecule has 2 aromatic carbocycles. The van der Waals surface area contributed by atoms with Gasteiger partial charge in [-0.15, -0.1) is 0 Å². The fourth-order valence-corrected chi connectivity index (χ4v) is 2.32. The van der Waals surface area contributed by atoms with Crippen LogP contribution in [0.25, 0.3) is 11.1 Å². The Bertz CT molecular complexity index is 617. The van der Waals surface area contributed by atoms with Gasteiger partial charge in [0.1, 0.15) is 5.75 Å². The van der Waals surface area contributed by atoms with Gasteiger partial charge < -0.3 is 9.47 Å². The Morgan fingerprint density at radius 1 is 0.955 bits per heavy atom. The number of rotatable bonds is 7. The van der Waals surface area contributed by atoms with E-state index in [2.05, 4.69) is 4.18 Å². The fourth-order valence-electron chi connectivity index (χ4n) is 2.04. The number of hydrogen-bond acceptors (Lipinski definition) is 4. The van der Waals surface area contributed by atoms with Gasteiger partial charge in [-0.2, -0.15) is 4.21 Å². The third kappa shape index (κ3) is 4.92. The fraction of sp³-hybridized carbons (Fsp3) is 0.250. The summed E-state index contributed by atoms with van der Waals surface area (Å²) in [5.74, 6) is 0.665. The summed E-state index contributed by atoms with van der Waals surface area (Å²) >= 11 is -2.37. The van der Waals surface area contributed by atoms with Crippen LogP contribution >= 0.6 is 0 Å². The van der Waals surface area contributed by atoms with E-state index in [0.717, 1.165) is 11.1 Å². The number of benzene rings is 2. The van der Waals surface area contributed by atoms with Crippen LogP contribution in [0.3, 0.4) is 0 Å². The Balaban J connectivity index is 2.08. The minimum Gasteiger partial charge on any atom is -0.465 e. The first kappa shape index (κ1) is 16.6. The topological polar surface area (TPSA) is 65.0 Å². The van der Waals surface area contributed by atoms with E-state index < -0.39 is 23.9 Å². The van der Waals surface area contributed by atoms with Gasteiger partial charge in [-0.25, -0.2) is 4.18 Å². The Kier molecular flexibility index (Phi) is 6.09. The first-order valence-electron chi connectivity index (χ1n) is 6.81. The SMILES string of the molecule is CC(Oc1ccccc1-c1ccccc1)OC(C)OS(=O)O. The molecular weight excluding hydrogens is 304 g/mol. The molecule has 3 unspecified atom stereocenters. The van der Waals surface area contributed by atoms with Crippen LogP contribution in [0.1, 0.15) is 13.8 Å². The molecule has 118 valence electrons. The lowest BCUT2D eigenvalue weighted by atomic mass is 10.1. The van der Waals surface area contributed by atoms with E-state index >= 15 is 0 Å². The zero-order chi connectivity index (χ0) is 15.9. The van der Waals surface area contributed by atoms with E-state index in [0.29, 0.717) is 5.75 Å². The summed E-state index contributed by atoms with van der Waals surface area (Å²) in [6.07, 6.45) is -1.49. The molecule has 2 rings (SSSR count). The highest BCUT2D eigenvalue weighted by Gasteiger charge is 2.14. The van der Waals surface area contributed by atoms with Crippen molar-refractivity contribution in [1.29, 1.82) is 0 Å². The van der Waals surface area contributed by atoms with Crippen LogP contribution in [0.4, 0.5) is 0 Å². The maximum atomic E-state index is 10.6. The van der Waals surface area contributed by atoms with Gasteiger partial charge in [-0.05, 0) is 25.5 Å². The summed E-state index contributed by atoms with van der Waals surface area (Å²) in [6, 6.07) is 17.5. The third-order valence-electron chi connectivity index (χ3n) is 2.87. The molecule has 22 heavy (non-hydrogen) atoms. The van der Waals surface area contributed by atoms with Gasteiger partial charge >= 0.3 is 11.4 Å². The lowest BCUT2D eigenvalue weighted by molar-refractivity contribution is -0.166. The molecule has 5 nitrogen and oxygen atoms in total. The Morgan fingerprint density at radius 3 is 2.27 bits per heavy atom. The lowest BCUT2D eigenvalue weighted by Gasteiger charge is -2.20. The molecule has 0 saturated carbocycles. The highest BCUT2D eigenvalue weighted by Crippen LogP contribution is 2.30. The molecule has 0 aliphatic rings. The normalized spacial score (nSPS) is 15.0. The van der Waals surface area contributed by atoms with Gasteiger partial charge in [0.25, 0.3) is 0 Å². The molecule has 0 radical (unpaired) electrons. The van der Waals surface area contributed by atoms with Crippen molar-refractivity contribution in [3.05, 3.63) is 54.6 Å². The number of ether oxygens (including phenoxy) is 2. The van der Waals surface area contributed by atoms with Gasteiger partial charge in [0.15, 0.2) is 12.6 Å². The summed E-state index contributed by atoms with van der Waals surface area (Å²) in [6.45, 7) is 3.22. The first-order valence-corrected chi connectivity index (χ1v) is 7.84. The second-order valence-corrected chi connectivity index (χ2v) is 5.19. The molecule has 0 fully saturated rings. The van der Waals surface area contributed by atoms with Crippen molar-refractivity contribution in [2.24, 2.45) is 0 Å². The predicted molar refractivity (Wildman–Crippen MR) is 84.4 cm³/mol. The Morgan fingerprint density at radius 2 is 1.59 bits per heavy atom. The van der Waals surface area contributed by atoms with Crippen molar-refractivity contribution in [1.82, 2.24) is 0 Å². The highest BCUT2D eigenvalue weighted by molar-refractivity contribution is 7.74. The van der Waals surface area contributed by atoms with Crippen molar-refractivity contribution in [3.8, 4) is 16.9 Å². The molecule has 3 atom stereocenters. The van der Waals surface area contributed by atoms with Gasteiger partial charge in [-0.1, -0.05) is 48.5 Å². The molecule has 0 aliphatic heterocycles. The zero-order valence-corrected chi connectivity index (χ0v) is 13.2. The van der Waals surface area contributed by atoms with Crippen molar-refractivity contribution in [3.63, 3.8) is 0 Å². The molecule has 1 N–H and O–H groups in total. The van der Waals surface area contributed by atoms with Crippen molar-refractivity contribution >= 4 is 11.4 Å². The maximum Gasteiger partial charge on any atom is 0.304 e. The molecule has 0 aliphatic carbocycles. The van der Waals surface area contributed by atoms with E-state index in [4.69, 9.17) is 14.0 Å².